The molecule has 2 amide bonds. The van der Waals surface area contributed by atoms with E-state index < -0.39 is 36.2 Å². The first-order chi connectivity index (χ1) is 12.8. The Kier molecular flexibility index (Phi) is 7.35. The monoisotopic (exact) mass is 382 g/mol. The number of methoxy groups -OCH3 is 1. The molecule has 2 heterocycles. The molecular formula is C19H30N2O6. The van der Waals surface area contributed by atoms with E-state index in [4.69, 9.17) is 9.47 Å². The van der Waals surface area contributed by atoms with Crippen LogP contribution in [0.4, 0.5) is 0 Å². The molecule has 8 nitrogen and oxygen atoms in total. The van der Waals surface area contributed by atoms with E-state index in [2.05, 4.69) is 5.32 Å². The number of amides is 2. The van der Waals surface area contributed by atoms with Gasteiger partial charge in [0.05, 0.1) is 7.11 Å². The predicted octanol–water partition coefficient (Wildman–Crippen LogP) is 0.818. The maximum atomic E-state index is 13.1. The van der Waals surface area contributed by atoms with E-state index >= 15 is 0 Å². The fraction of sp³-hybridized carbons (Fsp3) is 0.789. The highest BCUT2D eigenvalue weighted by Crippen LogP contribution is 2.26. The van der Waals surface area contributed by atoms with E-state index in [1.165, 1.54) is 12.0 Å². The van der Waals surface area contributed by atoms with Crippen LogP contribution in [0.15, 0.2) is 0 Å². The second kappa shape index (κ2) is 9.30. The largest absolute Gasteiger partial charge is 0.467 e. The summed E-state index contributed by atoms with van der Waals surface area (Å²) >= 11 is 0. The van der Waals surface area contributed by atoms with Crippen molar-refractivity contribution in [3.63, 3.8) is 0 Å². The van der Waals surface area contributed by atoms with E-state index in [0.717, 1.165) is 0 Å². The van der Waals surface area contributed by atoms with Crippen LogP contribution in [-0.4, -0.2) is 66.4 Å². The summed E-state index contributed by atoms with van der Waals surface area (Å²) in [5.41, 5.74) is 0. The number of nitrogens with one attached hydrogen (secondary N) is 1. The van der Waals surface area contributed by atoms with Crippen molar-refractivity contribution in [2.75, 3.05) is 13.7 Å². The molecule has 2 saturated heterocycles. The summed E-state index contributed by atoms with van der Waals surface area (Å²) in [7, 11) is 1.30. The van der Waals surface area contributed by atoms with Gasteiger partial charge in [0.1, 0.15) is 12.1 Å². The van der Waals surface area contributed by atoms with Crippen molar-refractivity contribution >= 4 is 23.6 Å². The fourth-order valence-electron chi connectivity index (χ4n) is 3.45. The van der Waals surface area contributed by atoms with Crippen LogP contribution >= 0.6 is 0 Å². The summed E-state index contributed by atoms with van der Waals surface area (Å²) < 4.78 is 10.0. The molecule has 2 aliphatic rings. The number of hydrogen-bond donors (Lipinski definition) is 1. The second-order valence-electron chi connectivity index (χ2n) is 7.28. The molecule has 0 aromatic rings. The van der Waals surface area contributed by atoms with Crippen LogP contribution in [-0.2, 0) is 28.7 Å². The lowest BCUT2D eigenvalue weighted by Crippen LogP contribution is -2.55. The molecule has 0 saturated carbocycles. The first kappa shape index (κ1) is 21.3. The van der Waals surface area contributed by atoms with Gasteiger partial charge in [0, 0.05) is 13.0 Å². The van der Waals surface area contributed by atoms with Gasteiger partial charge in [-0.05, 0) is 25.2 Å². The molecule has 27 heavy (non-hydrogen) atoms. The third kappa shape index (κ3) is 4.86. The summed E-state index contributed by atoms with van der Waals surface area (Å²) in [5.74, 6) is -1.39. The normalized spacial score (nSPS) is 26.2. The summed E-state index contributed by atoms with van der Waals surface area (Å²) in [6, 6.07) is -1.37. The molecule has 0 aromatic carbocycles. The summed E-state index contributed by atoms with van der Waals surface area (Å²) in [4.78, 5) is 50.9. The molecule has 8 heteroatoms. The molecule has 2 fully saturated rings. The van der Waals surface area contributed by atoms with Gasteiger partial charge in [-0.2, -0.15) is 0 Å². The number of epoxide rings is 1. The topological polar surface area (TPSA) is 105 Å². The van der Waals surface area contributed by atoms with Gasteiger partial charge in [0.2, 0.25) is 5.91 Å². The number of hydrogen-bond acceptors (Lipinski definition) is 6. The Morgan fingerprint density at radius 1 is 1.22 bits per heavy atom. The van der Waals surface area contributed by atoms with E-state index in [0.29, 0.717) is 38.6 Å². The van der Waals surface area contributed by atoms with Crippen molar-refractivity contribution in [1.82, 2.24) is 10.2 Å². The first-order valence-corrected chi connectivity index (χ1v) is 9.72. The van der Waals surface area contributed by atoms with E-state index in [1.54, 1.807) is 0 Å². The molecule has 152 valence electrons. The Bertz CT molecular complexity index is 593. The molecule has 0 spiro atoms. The number of carbonyl (C=O) groups is 4. The van der Waals surface area contributed by atoms with Crippen LogP contribution in [0.3, 0.4) is 0 Å². The smallest absolute Gasteiger partial charge is 0.328 e. The lowest BCUT2D eigenvalue weighted by molar-refractivity contribution is -0.152. The molecule has 0 unspecified atom stereocenters. The quantitative estimate of drug-likeness (QED) is 0.467. The van der Waals surface area contributed by atoms with Gasteiger partial charge in [0.25, 0.3) is 5.91 Å². The van der Waals surface area contributed by atoms with Crippen molar-refractivity contribution < 1.29 is 28.7 Å². The SMILES string of the molecule is CCCC(=O)[C@H]1O[C@@H]1C(=O)N[C@H](C(=O)N1CCC[C@H]1C(=O)OC)[C@@H](C)CC. The molecule has 5 atom stereocenters. The lowest BCUT2D eigenvalue weighted by atomic mass is 9.97. The maximum absolute atomic E-state index is 13.1. The van der Waals surface area contributed by atoms with Gasteiger partial charge in [-0.1, -0.05) is 27.2 Å². The van der Waals surface area contributed by atoms with Gasteiger partial charge >= 0.3 is 5.97 Å². The number of ketones is 1. The van der Waals surface area contributed by atoms with Crippen LogP contribution < -0.4 is 5.32 Å². The zero-order valence-electron chi connectivity index (χ0n) is 16.5. The summed E-state index contributed by atoms with van der Waals surface area (Å²) in [6.45, 7) is 6.15. The molecule has 0 radical (unpaired) electrons. The molecule has 1 N–H and O–H groups in total. The zero-order valence-corrected chi connectivity index (χ0v) is 16.5. The number of esters is 1. The minimum atomic E-state index is -0.821. The standard InChI is InChI=1S/C19H30N2O6/c1-5-8-13(22)15-16(27-15)17(23)20-14(11(3)6-2)18(24)21-10-7-9-12(21)19(25)26-4/h11-12,14-16H,5-10H2,1-4H3,(H,20,23)/t11-,12-,14-,15+,16-/m0/s1. The highest BCUT2D eigenvalue weighted by Gasteiger charge is 2.50. The number of rotatable bonds is 9. The van der Waals surface area contributed by atoms with Crippen LogP contribution in [0.5, 0.6) is 0 Å². The number of nitrogens with zero attached hydrogens (tertiary/aromatic N) is 1. The van der Waals surface area contributed by atoms with Gasteiger partial charge in [-0.25, -0.2) is 4.79 Å². The number of likely N-dealkylation sites (tertiary alicyclic amines) is 1. The minimum Gasteiger partial charge on any atom is -0.467 e. The number of Topliss-reactive ketones (excluding diaryl/α,β-unsaturated/α-hetero) is 1. The summed E-state index contributed by atoms with van der Waals surface area (Å²) in [6.07, 6.45) is 1.49. The van der Waals surface area contributed by atoms with E-state index in [9.17, 15) is 19.2 Å². The Morgan fingerprint density at radius 3 is 2.52 bits per heavy atom. The average Bonchev–Trinajstić information content (AvgIpc) is 3.33. The second-order valence-corrected chi connectivity index (χ2v) is 7.28. The van der Waals surface area contributed by atoms with E-state index in [1.807, 2.05) is 20.8 Å². The van der Waals surface area contributed by atoms with Crippen molar-refractivity contribution in [2.45, 2.75) is 77.2 Å². The van der Waals surface area contributed by atoms with Crippen molar-refractivity contribution in [3.8, 4) is 0 Å². The Morgan fingerprint density at radius 2 is 1.93 bits per heavy atom. The van der Waals surface area contributed by atoms with Gasteiger partial charge in [-0.3, -0.25) is 14.4 Å². The maximum Gasteiger partial charge on any atom is 0.328 e. The fourth-order valence-corrected chi connectivity index (χ4v) is 3.45. The molecule has 2 rings (SSSR count). The Labute approximate surface area is 159 Å². The molecule has 0 aromatic heterocycles. The van der Waals surface area contributed by atoms with Crippen LogP contribution in [0.1, 0.15) is 52.9 Å². The Hall–Kier alpha value is -1.96. The predicted molar refractivity (Wildman–Crippen MR) is 96.7 cm³/mol. The third-order valence-electron chi connectivity index (χ3n) is 5.35. The molecule has 0 bridgehead atoms. The van der Waals surface area contributed by atoms with E-state index in [-0.39, 0.29) is 17.6 Å². The zero-order chi connectivity index (χ0) is 20.1. The summed E-state index contributed by atoms with van der Waals surface area (Å²) in [5, 5.41) is 2.75. The van der Waals surface area contributed by atoms with Crippen LogP contribution in [0.25, 0.3) is 0 Å². The first-order valence-electron chi connectivity index (χ1n) is 9.72. The number of carbonyl (C=O) groups excluding carboxylic acids is 4. The van der Waals surface area contributed by atoms with Crippen LogP contribution in [0.2, 0.25) is 0 Å². The van der Waals surface area contributed by atoms with Gasteiger partial charge in [0.15, 0.2) is 18.0 Å². The number of ether oxygens (including phenoxy) is 2. The minimum absolute atomic E-state index is 0.0886. The van der Waals surface area contributed by atoms with Crippen molar-refractivity contribution in [2.24, 2.45) is 5.92 Å². The molecular weight excluding hydrogens is 352 g/mol. The molecule has 0 aliphatic carbocycles. The lowest BCUT2D eigenvalue weighted by Gasteiger charge is -2.30. The molecule has 2 aliphatic heterocycles. The van der Waals surface area contributed by atoms with Gasteiger partial charge < -0.3 is 19.7 Å². The highest BCUT2D eigenvalue weighted by molar-refractivity contribution is 5.98. The van der Waals surface area contributed by atoms with Gasteiger partial charge in [-0.15, -0.1) is 0 Å². The van der Waals surface area contributed by atoms with Crippen molar-refractivity contribution in [1.29, 1.82) is 0 Å². The van der Waals surface area contributed by atoms with Crippen LogP contribution in [0, 0.1) is 5.92 Å². The van der Waals surface area contributed by atoms with Crippen molar-refractivity contribution in [3.05, 3.63) is 0 Å². The average molecular weight is 382 g/mol. The third-order valence-corrected chi connectivity index (χ3v) is 5.35. The Balaban J connectivity index is 2.05. The highest BCUT2D eigenvalue weighted by atomic mass is 16.6.